The Morgan fingerprint density at radius 3 is 2.59 bits per heavy atom. The Labute approximate surface area is 105 Å². The maximum atomic E-state index is 11.9. The normalized spacial score (nSPS) is 27.9. The Balaban J connectivity index is 2.47. The van der Waals surface area contributed by atoms with E-state index in [9.17, 15) is 13.5 Å². The van der Waals surface area contributed by atoms with Gasteiger partial charge in [0.1, 0.15) is 0 Å². The van der Waals surface area contributed by atoms with Crippen LogP contribution in [0.4, 0.5) is 0 Å². The highest BCUT2D eigenvalue weighted by molar-refractivity contribution is 7.89. The first-order valence-electron chi connectivity index (χ1n) is 6.62. The predicted molar refractivity (Wildman–Crippen MR) is 69.3 cm³/mol. The fraction of sp³-hybridized carbons (Fsp3) is 1.00. The summed E-state index contributed by atoms with van der Waals surface area (Å²) in [6, 6.07) is -0.275. The maximum Gasteiger partial charge on any atom is 0.212 e. The van der Waals surface area contributed by atoms with Gasteiger partial charge in [-0.15, -0.1) is 0 Å². The van der Waals surface area contributed by atoms with E-state index in [1.54, 1.807) is 0 Å². The first kappa shape index (κ1) is 14.9. The molecule has 1 aliphatic rings. The average Bonchev–Trinajstić information content (AvgIpc) is 2.20. The van der Waals surface area contributed by atoms with E-state index in [1.165, 1.54) is 0 Å². The summed E-state index contributed by atoms with van der Waals surface area (Å²) in [5.74, 6) is 0.350. The summed E-state index contributed by atoms with van der Waals surface area (Å²) in [4.78, 5) is 0. The Hall–Kier alpha value is -0.130. The number of hydrogen-bond donors (Lipinski definition) is 2. The number of aliphatic hydroxyl groups is 1. The van der Waals surface area contributed by atoms with E-state index < -0.39 is 16.1 Å². The number of nitrogens with one attached hydrogen (secondary N) is 1. The third kappa shape index (κ3) is 5.36. The first-order valence-corrected chi connectivity index (χ1v) is 8.28. The molecule has 0 aromatic carbocycles. The second-order valence-corrected chi connectivity index (χ2v) is 7.05. The summed E-state index contributed by atoms with van der Waals surface area (Å²) >= 11 is 0. The van der Waals surface area contributed by atoms with Gasteiger partial charge in [0.15, 0.2) is 0 Å². The van der Waals surface area contributed by atoms with E-state index in [4.69, 9.17) is 0 Å². The van der Waals surface area contributed by atoms with E-state index in [0.29, 0.717) is 6.42 Å². The number of hydrogen-bond acceptors (Lipinski definition) is 3. The SMILES string of the molecule is CCC[C@@H](C)CS(=O)(=O)N[C@@H]1CCCC[C@@H]1O. The predicted octanol–water partition coefficient (Wildman–Crippen LogP) is 1.65. The second kappa shape index (κ2) is 6.71. The van der Waals surface area contributed by atoms with Gasteiger partial charge in [-0.1, -0.05) is 33.1 Å². The molecule has 102 valence electrons. The lowest BCUT2D eigenvalue weighted by Gasteiger charge is -2.28. The topological polar surface area (TPSA) is 66.4 Å². The zero-order valence-electron chi connectivity index (χ0n) is 10.9. The quantitative estimate of drug-likeness (QED) is 0.765. The molecule has 1 rings (SSSR count). The summed E-state index contributed by atoms with van der Waals surface area (Å²) in [5, 5.41) is 9.74. The minimum absolute atomic E-state index is 0.171. The molecule has 0 spiro atoms. The molecule has 0 unspecified atom stereocenters. The minimum atomic E-state index is -3.25. The molecule has 0 amide bonds. The highest BCUT2D eigenvalue weighted by atomic mass is 32.2. The molecule has 0 aromatic rings. The molecule has 0 aromatic heterocycles. The molecule has 3 atom stereocenters. The van der Waals surface area contributed by atoms with Crippen LogP contribution in [0.15, 0.2) is 0 Å². The monoisotopic (exact) mass is 263 g/mol. The van der Waals surface area contributed by atoms with Crippen molar-refractivity contribution in [1.29, 1.82) is 0 Å². The van der Waals surface area contributed by atoms with E-state index in [0.717, 1.165) is 32.1 Å². The maximum absolute atomic E-state index is 11.9. The first-order chi connectivity index (χ1) is 7.94. The molecule has 4 nitrogen and oxygen atoms in total. The zero-order chi connectivity index (χ0) is 12.9. The summed E-state index contributed by atoms with van der Waals surface area (Å²) in [6.45, 7) is 4.02. The lowest BCUT2D eigenvalue weighted by atomic mass is 9.93. The molecule has 1 fully saturated rings. The fourth-order valence-corrected chi connectivity index (χ4v) is 4.23. The standard InChI is InChI=1S/C12H25NO3S/c1-3-6-10(2)9-17(15,16)13-11-7-4-5-8-12(11)14/h10-14H,3-9H2,1-2H3/t10-,11-,12+/m1/s1. The van der Waals surface area contributed by atoms with Crippen LogP contribution in [-0.2, 0) is 10.0 Å². The van der Waals surface area contributed by atoms with Crippen LogP contribution >= 0.6 is 0 Å². The fourth-order valence-electron chi connectivity index (χ4n) is 2.48. The van der Waals surface area contributed by atoms with Crippen molar-refractivity contribution in [3.05, 3.63) is 0 Å². The largest absolute Gasteiger partial charge is 0.391 e. The zero-order valence-corrected chi connectivity index (χ0v) is 11.7. The Morgan fingerprint density at radius 1 is 1.35 bits per heavy atom. The van der Waals surface area contributed by atoms with Crippen molar-refractivity contribution in [3.63, 3.8) is 0 Å². The molecule has 0 saturated heterocycles. The van der Waals surface area contributed by atoms with Crippen LogP contribution in [0.3, 0.4) is 0 Å². The molecular weight excluding hydrogens is 238 g/mol. The van der Waals surface area contributed by atoms with Crippen molar-refractivity contribution in [2.75, 3.05) is 5.75 Å². The summed E-state index contributed by atoms with van der Waals surface area (Å²) in [7, 11) is -3.25. The third-order valence-corrected chi connectivity index (χ3v) is 5.02. The second-order valence-electron chi connectivity index (χ2n) is 5.25. The lowest BCUT2D eigenvalue weighted by Crippen LogP contribution is -2.46. The third-order valence-electron chi connectivity index (χ3n) is 3.35. The van der Waals surface area contributed by atoms with Crippen LogP contribution in [0.1, 0.15) is 52.4 Å². The number of rotatable bonds is 6. The molecule has 0 bridgehead atoms. The van der Waals surface area contributed by atoms with Gasteiger partial charge in [-0.2, -0.15) is 0 Å². The van der Waals surface area contributed by atoms with Gasteiger partial charge in [-0.3, -0.25) is 0 Å². The van der Waals surface area contributed by atoms with Crippen LogP contribution in [-0.4, -0.2) is 31.4 Å². The number of aliphatic hydroxyl groups excluding tert-OH is 1. The van der Waals surface area contributed by atoms with E-state index >= 15 is 0 Å². The molecule has 0 aliphatic heterocycles. The van der Waals surface area contributed by atoms with Gasteiger partial charge < -0.3 is 5.11 Å². The van der Waals surface area contributed by atoms with E-state index in [2.05, 4.69) is 11.6 Å². The molecular formula is C12H25NO3S. The highest BCUT2D eigenvalue weighted by Gasteiger charge is 2.27. The van der Waals surface area contributed by atoms with Crippen molar-refractivity contribution in [3.8, 4) is 0 Å². The van der Waals surface area contributed by atoms with Gasteiger partial charge in [0.25, 0.3) is 0 Å². The van der Waals surface area contributed by atoms with Crippen molar-refractivity contribution in [1.82, 2.24) is 4.72 Å². The van der Waals surface area contributed by atoms with Gasteiger partial charge in [0.2, 0.25) is 10.0 Å². The number of sulfonamides is 1. The minimum Gasteiger partial charge on any atom is -0.391 e. The van der Waals surface area contributed by atoms with Gasteiger partial charge in [0.05, 0.1) is 11.9 Å². The summed E-state index contributed by atoms with van der Waals surface area (Å²) in [6.07, 6.45) is 4.86. The van der Waals surface area contributed by atoms with Crippen molar-refractivity contribution in [2.45, 2.75) is 64.5 Å². The Morgan fingerprint density at radius 2 is 2.00 bits per heavy atom. The van der Waals surface area contributed by atoms with Crippen LogP contribution in [0, 0.1) is 5.92 Å². The molecule has 17 heavy (non-hydrogen) atoms. The van der Waals surface area contributed by atoms with Gasteiger partial charge in [-0.05, 0) is 25.2 Å². The molecule has 1 aliphatic carbocycles. The van der Waals surface area contributed by atoms with Crippen LogP contribution in [0.5, 0.6) is 0 Å². The molecule has 0 radical (unpaired) electrons. The molecule has 5 heteroatoms. The smallest absolute Gasteiger partial charge is 0.212 e. The van der Waals surface area contributed by atoms with Gasteiger partial charge in [0, 0.05) is 6.04 Å². The molecule has 2 N–H and O–H groups in total. The van der Waals surface area contributed by atoms with Crippen LogP contribution in [0.2, 0.25) is 0 Å². The molecule has 1 saturated carbocycles. The van der Waals surface area contributed by atoms with E-state index in [1.807, 2.05) is 6.92 Å². The average molecular weight is 263 g/mol. The van der Waals surface area contributed by atoms with Crippen molar-refractivity contribution >= 4 is 10.0 Å². The lowest BCUT2D eigenvalue weighted by molar-refractivity contribution is 0.101. The Kier molecular flexibility index (Phi) is 5.89. The Bertz CT molecular complexity index is 316. The van der Waals surface area contributed by atoms with Gasteiger partial charge >= 0.3 is 0 Å². The summed E-state index contributed by atoms with van der Waals surface area (Å²) in [5.41, 5.74) is 0. The molecule has 0 heterocycles. The van der Waals surface area contributed by atoms with Crippen LogP contribution < -0.4 is 4.72 Å². The van der Waals surface area contributed by atoms with E-state index in [-0.39, 0.29) is 17.7 Å². The summed E-state index contributed by atoms with van der Waals surface area (Å²) < 4.78 is 26.5. The van der Waals surface area contributed by atoms with Crippen molar-refractivity contribution < 1.29 is 13.5 Å². The highest BCUT2D eigenvalue weighted by Crippen LogP contribution is 2.19. The van der Waals surface area contributed by atoms with Gasteiger partial charge in [-0.25, -0.2) is 13.1 Å². The van der Waals surface area contributed by atoms with Crippen molar-refractivity contribution in [2.24, 2.45) is 5.92 Å². The van der Waals surface area contributed by atoms with Crippen LogP contribution in [0.25, 0.3) is 0 Å².